The largest absolute Gasteiger partial charge is 0.304 e. The molecule has 1 rings (SSSR count). The predicted molar refractivity (Wildman–Crippen MR) is 69.2 cm³/mol. The Morgan fingerprint density at radius 3 is 2.75 bits per heavy atom. The Bertz CT molecular complexity index is 186. The van der Waals surface area contributed by atoms with Crippen molar-refractivity contribution in [2.45, 2.75) is 44.7 Å². The molecule has 1 aliphatic heterocycles. The van der Waals surface area contributed by atoms with Crippen LogP contribution in [0.15, 0.2) is 0 Å². The zero-order valence-corrected chi connectivity index (χ0v) is 11.1. The van der Waals surface area contributed by atoms with Gasteiger partial charge in [0, 0.05) is 31.7 Å². The molecule has 1 fully saturated rings. The molecule has 96 valence electrons. The average molecular weight is 228 g/mol. The minimum Gasteiger partial charge on any atom is -0.304 e. The lowest BCUT2D eigenvalue weighted by atomic mass is 9.99. The van der Waals surface area contributed by atoms with Crippen LogP contribution < -0.4 is 11.3 Å². The number of unbranched alkanes of at least 4 members (excludes halogenated alkanes) is 1. The Labute approximate surface area is 100 Å². The maximum Gasteiger partial charge on any atom is 0.0235 e. The third kappa shape index (κ3) is 4.37. The fourth-order valence-corrected chi connectivity index (χ4v) is 2.40. The Hall–Kier alpha value is -0.160. The molecule has 0 aromatic rings. The van der Waals surface area contributed by atoms with Crippen LogP contribution in [0.1, 0.15) is 32.6 Å². The fourth-order valence-electron chi connectivity index (χ4n) is 2.40. The first-order valence-corrected chi connectivity index (χ1v) is 6.52. The van der Waals surface area contributed by atoms with E-state index >= 15 is 0 Å². The smallest absolute Gasteiger partial charge is 0.0235 e. The first kappa shape index (κ1) is 13.9. The number of hydrogen-bond acceptors (Lipinski definition) is 4. The summed E-state index contributed by atoms with van der Waals surface area (Å²) in [6.07, 6.45) is 4.87. The van der Waals surface area contributed by atoms with E-state index in [0.29, 0.717) is 12.1 Å². The summed E-state index contributed by atoms with van der Waals surface area (Å²) in [5.41, 5.74) is 2.97. The highest BCUT2D eigenvalue weighted by molar-refractivity contribution is 4.82. The van der Waals surface area contributed by atoms with E-state index in [0.717, 1.165) is 6.42 Å². The van der Waals surface area contributed by atoms with E-state index in [9.17, 15) is 0 Å². The summed E-state index contributed by atoms with van der Waals surface area (Å²) < 4.78 is 0. The molecule has 1 saturated heterocycles. The van der Waals surface area contributed by atoms with Crippen molar-refractivity contribution in [1.82, 2.24) is 15.2 Å². The Morgan fingerprint density at radius 2 is 2.12 bits per heavy atom. The molecular formula is C12H28N4. The minimum absolute atomic E-state index is 0.471. The summed E-state index contributed by atoms with van der Waals surface area (Å²) in [6.45, 7) is 5.75. The van der Waals surface area contributed by atoms with E-state index in [-0.39, 0.29) is 0 Å². The molecule has 1 aliphatic rings. The molecule has 0 saturated carbocycles. The van der Waals surface area contributed by atoms with Crippen LogP contribution in [0, 0.1) is 0 Å². The van der Waals surface area contributed by atoms with E-state index < -0.39 is 0 Å². The van der Waals surface area contributed by atoms with Gasteiger partial charge in [0.15, 0.2) is 0 Å². The molecule has 4 heteroatoms. The van der Waals surface area contributed by atoms with Crippen LogP contribution in [0.2, 0.25) is 0 Å². The fraction of sp³-hybridized carbons (Fsp3) is 1.00. The van der Waals surface area contributed by atoms with E-state index in [2.05, 4.69) is 36.2 Å². The topological polar surface area (TPSA) is 44.5 Å². The Morgan fingerprint density at radius 1 is 1.38 bits per heavy atom. The van der Waals surface area contributed by atoms with E-state index in [1.54, 1.807) is 0 Å². The first-order chi connectivity index (χ1) is 7.67. The van der Waals surface area contributed by atoms with Crippen molar-refractivity contribution < 1.29 is 0 Å². The molecular weight excluding hydrogens is 200 g/mol. The summed E-state index contributed by atoms with van der Waals surface area (Å²) in [4.78, 5) is 4.88. The third-order valence-corrected chi connectivity index (χ3v) is 3.68. The molecule has 0 radical (unpaired) electrons. The van der Waals surface area contributed by atoms with Crippen molar-refractivity contribution in [1.29, 1.82) is 0 Å². The monoisotopic (exact) mass is 228 g/mol. The van der Waals surface area contributed by atoms with Gasteiger partial charge in [-0.2, -0.15) is 0 Å². The number of likely N-dealkylation sites (N-methyl/N-ethyl adjacent to an activating group) is 2. The summed E-state index contributed by atoms with van der Waals surface area (Å²) in [5.74, 6) is 5.63. The van der Waals surface area contributed by atoms with Crippen LogP contribution in [0.4, 0.5) is 0 Å². The minimum atomic E-state index is 0.471. The van der Waals surface area contributed by atoms with Crippen LogP contribution in [0.25, 0.3) is 0 Å². The second-order valence-corrected chi connectivity index (χ2v) is 5.14. The van der Waals surface area contributed by atoms with Crippen LogP contribution >= 0.6 is 0 Å². The number of nitrogens with zero attached hydrogens (tertiary/aromatic N) is 2. The molecule has 4 nitrogen and oxygen atoms in total. The predicted octanol–water partition coefficient (Wildman–Crippen LogP) is 0.644. The van der Waals surface area contributed by atoms with Gasteiger partial charge in [0.05, 0.1) is 0 Å². The molecule has 0 aliphatic carbocycles. The van der Waals surface area contributed by atoms with Gasteiger partial charge in [-0.3, -0.25) is 11.3 Å². The van der Waals surface area contributed by atoms with Gasteiger partial charge in [0.25, 0.3) is 0 Å². The molecule has 0 aromatic carbocycles. The first-order valence-electron chi connectivity index (χ1n) is 6.52. The highest BCUT2D eigenvalue weighted by atomic mass is 15.3. The second kappa shape index (κ2) is 7.22. The zero-order chi connectivity index (χ0) is 12.0. The van der Waals surface area contributed by atoms with Crippen molar-refractivity contribution in [3.63, 3.8) is 0 Å². The Kier molecular flexibility index (Phi) is 6.28. The maximum absolute atomic E-state index is 5.63. The Balaban J connectivity index is 2.36. The second-order valence-electron chi connectivity index (χ2n) is 5.14. The van der Waals surface area contributed by atoms with Gasteiger partial charge in [0.2, 0.25) is 0 Å². The van der Waals surface area contributed by atoms with E-state index in [1.807, 2.05) is 0 Å². The lowest BCUT2D eigenvalue weighted by Crippen LogP contribution is -2.52. The standard InChI is InChI=1S/C12H28N4/c1-4-5-6-11(14-13)9-12-10-15(2)7-8-16(12)3/h11-12,14H,4-10,13H2,1-3H3. The third-order valence-electron chi connectivity index (χ3n) is 3.68. The van der Waals surface area contributed by atoms with Crippen LogP contribution in [-0.2, 0) is 0 Å². The molecule has 0 aromatic heterocycles. The average Bonchev–Trinajstić information content (AvgIpc) is 2.28. The summed E-state index contributed by atoms with van der Waals surface area (Å²) >= 11 is 0. The molecule has 16 heavy (non-hydrogen) atoms. The number of hydrazine groups is 1. The van der Waals surface area contributed by atoms with Gasteiger partial charge in [-0.05, 0) is 26.9 Å². The van der Waals surface area contributed by atoms with E-state index in [4.69, 9.17) is 5.84 Å². The van der Waals surface area contributed by atoms with Gasteiger partial charge in [-0.25, -0.2) is 0 Å². The van der Waals surface area contributed by atoms with Gasteiger partial charge in [-0.1, -0.05) is 19.8 Å². The number of rotatable bonds is 6. The van der Waals surface area contributed by atoms with Crippen LogP contribution in [-0.4, -0.2) is 55.6 Å². The van der Waals surface area contributed by atoms with Gasteiger partial charge < -0.3 is 9.80 Å². The highest BCUT2D eigenvalue weighted by Crippen LogP contribution is 2.14. The van der Waals surface area contributed by atoms with Crippen molar-refractivity contribution in [2.24, 2.45) is 5.84 Å². The van der Waals surface area contributed by atoms with Crippen molar-refractivity contribution in [3.05, 3.63) is 0 Å². The molecule has 2 unspecified atom stereocenters. The van der Waals surface area contributed by atoms with Crippen molar-refractivity contribution >= 4 is 0 Å². The van der Waals surface area contributed by atoms with Gasteiger partial charge in [-0.15, -0.1) is 0 Å². The highest BCUT2D eigenvalue weighted by Gasteiger charge is 2.24. The van der Waals surface area contributed by atoms with Gasteiger partial charge in [0.1, 0.15) is 0 Å². The lowest BCUT2D eigenvalue weighted by Gasteiger charge is -2.39. The lowest BCUT2D eigenvalue weighted by molar-refractivity contribution is 0.0998. The molecule has 1 heterocycles. The van der Waals surface area contributed by atoms with Crippen molar-refractivity contribution in [2.75, 3.05) is 33.7 Å². The number of nitrogens with one attached hydrogen (secondary N) is 1. The van der Waals surface area contributed by atoms with Crippen LogP contribution in [0.5, 0.6) is 0 Å². The number of nitrogens with two attached hydrogens (primary N) is 1. The molecule has 0 bridgehead atoms. The quantitative estimate of drug-likeness (QED) is 0.517. The normalized spacial score (nSPS) is 25.9. The summed E-state index contributed by atoms with van der Waals surface area (Å²) in [6, 6.07) is 1.12. The molecule has 0 spiro atoms. The number of hydrogen-bond donors (Lipinski definition) is 2. The summed E-state index contributed by atoms with van der Waals surface area (Å²) in [7, 11) is 4.43. The molecule has 3 N–H and O–H groups in total. The SMILES string of the molecule is CCCCC(CC1CN(C)CCN1C)NN. The van der Waals surface area contributed by atoms with Crippen molar-refractivity contribution in [3.8, 4) is 0 Å². The maximum atomic E-state index is 5.63. The number of piperazine rings is 1. The van der Waals surface area contributed by atoms with Crippen LogP contribution in [0.3, 0.4) is 0 Å². The van der Waals surface area contributed by atoms with Gasteiger partial charge >= 0.3 is 0 Å². The molecule has 0 amide bonds. The zero-order valence-electron chi connectivity index (χ0n) is 11.1. The van der Waals surface area contributed by atoms with E-state index in [1.165, 1.54) is 38.9 Å². The summed E-state index contributed by atoms with van der Waals surface area (Å²) in [5, 5.41) is 0. The molecule has 2 atom stereocenters.